The molecular weight excluding hydrogens is 270 g/mol. The summed E-state index contributed by atoms with van der Waals surface area (Å²) in [6.07, 6.45) is 0. The maximum atomic E-state index is 4.08. The molecule has 5 nitrogen and oxygen atoms in total. The molecule has 0 radical (unpaired) electrons. The molecule has 0 saturated heterocycles. The minimum atomic E-state index is 0.116. The van der Waals surface area contributed by atoms with Crippen molar-refractivity contribution in [1.29, 1.82) is 0 Å². The Labute approximate surface area is 124 Å². The van der Waals surface area contributed by atoms with Crippen molar-refractivity contribution in [3.63, 3.8) is 0 Å². The van der Waals surface area contributed by atoms with Crippen LogP contribution < -0.4 is 5.32 Å². The molecule has 0 unspecified atom stereocenters. The van der Waals surface area contributed by atoms with Crippen molar-refractivity contribution in [3.05, 3.63) is 35.9 Å². The highest BCUT2D eigenvalue weighted by molar-refractivity contribution is 7.98. The smallest absolute Gasteiger partial charge is 0.209 e. The second-order valence-electron chi connectivity index (χ2n) is 5.64. The molecule has 0 aliphatic heterocycles. The van der Waals surface area contributed by atoms with Gasteiger partial charge in [-0.2, -0.15) is 0 Å². The standard InChI is InChI=1S/C14H21N5S/c1-14(2,3)15-9-10-19-13(16-17-18-19)20-11-12-7-5-4-6-8-12/h4-8,15H,9-11H2,1-3H3. The van der Waals surface area contributed by atoms with Gasteiger partial charge >= 0.3 is 0 Å². The van der Waals surface area contributed by atoms with Gasteiger partial charge in [-0.1, -0.05) is 42.1 Å². The summed E-state index contributed by atoms with van der Waals surface area (Å²) in [4.78, 5) is 0. The van der Waals surface area contributed by atoms with Crippen molar-refractivity contribution in [2.45, 2.75) is 43.8 Å². The quantitative estimate of drug-likeness (QED) is 0.828. The Hall–Kier alpha value is -1.40. The molecule has 0 aliphatic carbocycles. The zero-order valence-electron chi connectivity index (χ0n) is 12.2. The monoisotopic (exact) mass is 291 g/mol. The molecule has 0 spiro atoms. The fourth-order valence-electron chi connectivity index (χ4n) is 1.70. The predicted molar refractivity (Wildman–Crippen MR) is 81.6 cm³/mol. The lowest BCUT2D eigenvalue weighted by atomic mass is 10.1. The summed E-state index contributed by atoms with van der Waals surface area (Å²) in [5, 5.41) is 16.2. The summed E-state index contributed by atoms with van der Waals surface area (Å²) in [7, 11) is 0. The van der Waals surface area contributed by atoms with Crippen LogP contribution >= 0.6 is 11.8 Å². The maximum Gasteiger partial charge on any atom is 0.209 e. The van der Waals surface area contributed by atoms with Crippen molar-refractivity contribution in [2.75, 3.05) is 6.54 Å². The second-order valence-corrected chi connectivity index (χ2v) is 6.58. The Morgan fingerprint density at radius 3 is 2.65 bits per heavy atom. The van der Waals surface area contributed by atoms with E-state index in [-0.39, 0.29) is 5.54 Å². The van der Waals surface area contributed by atoms with Gasteiger partial charge in [-0.3, -0.25) is 0 Å². The third-order valence-corrected chi connectivity index (χ3v) is 3.72. The number of rotatable bonds is 6. The average Bonchev–Trinajstić information content (AvgIpc) is 2.84. The Bertz CT molecular complexity index is 518. The molecule has 1 heterocycles. The first-order valence-corrected chi connectivity index (χ1v) is 7.71. The molecule has 0 fully saturated rings. The minimum Gasteiger partial charge on any atom is -0.310 e. The number of nitrogens with one attached hydrogen (secondary N) is 1. The van der Waals surface area contributed by atoms with Crippen molar-refractivity contribution < 1.29 is 0 Å². The minimum absolute atomic E-state index is 0.116. The first-order valence-electron chi connectivity index (χ1n) is 6.72. The summed E-state index contributed by atoms with van der Waals surface area (Å²) in [5.74, 6) is 0.883. The zero-order chi connectivity index (χ0) is 14.4. The van der Waals surface area contributed by atoms with E-state index in [1.54, 1.807) is 11.8 Å². The van der Waals surface area contributed by atoms with Crippen molar-refractivity contribution in [2.24, 2.45) is 0 Å². The molecule has 108 valence electrons. The highest BCUT2D eigenvalue weighted by atomic mass is 32.2. The SMILES string of the molecule is CC(C)(C)NCCn1nnnc1SCc1ccccc1. The lowest BCUT2D eigenvalue weighted by Gasteiger charge is -2.20. The first-order chi connectivity index (χ1) is 9.54. The van der Waals surface area contributed by atoms with Gasteiger partial charge < -0.3 is 5.32 Å². The van der Waals surface area contributed by atoms with Crippen molar-refractivity contribution in [3.8, 4) is 0 Å². The van der Waals surface area contributed by atoms with Crippen molar-refractivity contribution >= 4 is 11.8 Å². The zero-order valence-corrected chi connectivity index (χ0v) is 13.0. The van der Waals surface area contributed by atoms with Gasteiger partial charge in [-0.05, 0) is 36.8 Å². The lowest BCUT2D eigenvalue weighted by molar-refractivity contribution is 0.396. The van der Waals surface area contributed by atoms with E-state index in [4.69, 9.17) is 0 Å². The van der Waals surface area contributed by atoms with Gasteiger partial charge in [0, 0.05) is 17.8 Å². The molecule has 0 atom stereocenters. The molecular formula is C14H21N5S. The Morgan fingerprint density at radius 1 is 1.20 bits per heavy atom. The summed E-state index contributed by atoms with van der Waals surface area (Å²) in [5.41, 5.74) is 1.39. The normalized spacial score (nSPS) is 11.8. The van der Waals surface area contributed by atoms with Crippen LogP contribution in [-0.4, -0.2) is 32.3 Å². The predicted octanol–water partition coefficient (Wildman–Crippen LogP) is 2.35. The first kappa shape index (κ1) is 15.0. The van der Waals surface area contributed by atoms with E-state index in [2.05, 4.69) is 53.7 Å². The van der Waals surface area contributed by atoms with Crippen LogP contribution in [0.5, 0.6) is 0 Å². The summed E-state index contributed by atoms with van der Waals surface area (Å²) < 4.78 is 1.85. The van der Waals surface area contributed by atoms with E-state index in [9.17, 15) is 0 Å². The highest BCUT2D eigenvalue weighted by Crippen LogP contribution is 2.19. The van der Waals surface area contributed by atoms with Crippen LogP contribution in [0.15, 0.2) is 35.5 Å². The third kappa shape index (κ3) is 4.94. The van der Waals surface area contributed by atoms with Crippen LogP contribution in [0.1, 0.15) is 26.3 Å². The van der Waals surface area contributed by atoms with Crippen LogP contribution in [0.2, 0.25) is 0 Å². The molecule has 0 bridgehead atoms. The van der Waals surface area contributed by atoms with Crippen LogP contribution in [0.3, 0.4) is 0 Å². The fraction of sp³-hybridized carbons (Fsp3) is 0.500. The maximum absolute atomic E-state index is 4.08. The molecule has 0 amide bonds. The van der Waals surface area contributed by atoms with Gasteiger partial charge in [0.25, 0.3) is 0 Å². The Balaban J connectivity index is 1.85. The molecule has 1 aromatic heterocycles. The highest BCUT2D eigenvalue weighted by Gasteiger charge is 2.10. The summed E-state index contributed by atoms with van der Waals surface area (Å²) in [6, 6.07) is 10.3. The molecule has 2 rings (SSSR count). The molecule has 20 heavy (non-hydrogen) atoms. The third-order valence-electron chi connectivity index (χ3n) is 2.69. The number of aromatic nitrogens is 4. The van der Waals surface area contributed by atoms with Crippen molar-refractivity contribution in [1.82, 2.24) is 25.5 Å². The number of hydrogen-bond donors (Lipinski definition) is 1. The molecule has 6 heteroatoms. The van der Waals surface area contributed by atoms with Gasteiger partial charge in [0.05, 0.1) is 6.54 Å². The topological polar surface area (TPSA) is 55.6 Å². The largest absolute Gasteiger partial charge is 0.310 e. The Morgan fingerprint density at radius 2 is 1.95 bits per heavy atom. The molecule has 1 aromatic carbocycles. The summed E-state index contributed by atoms with van der Waals surface area (Å²) >= 11 is 1.66. The number of benzene rings is 1. The van der Waals surface area contributed by atoms with E-state index in [1.165, 1.54) is 5.56 Å². The Kier molecular flexibility index (Phi) is 5.14. The number of hydrogen-bond acceptors (Lipinski definition) is 5. The fourth-order valence-corrected chi connectivity index (χ4v) is 2.56. The molecule has 0 aliphatic rings. The van der Waals surface area contributed by atoms with Crippen LogP contribution in [0, 0.1) is 0 Å². The number of tetrazole rings is 1. The van der Waals surface area contributed by atoms with Gasteiger partial charge in [0.15, 0.2) is 0 Å². The van der Waals surface area contributed by atoms with Gasteiger partial charge in [-0.25, -0.2) is 4.68 Å². The van der Waals surface area contributed by atoms with E-state index >= 15 is 0 Å². The van der Waals surface area contributed by atoms with Gasteiger partial charge in [0.1, 0.15) is 0 Å². The number of nitrogens with zero attached hydrogens (tertiary/aromatic N) is 4. The molecule has 2 aromatic rings. The van der Waals surface area contributed by atoms with E-state index in [0.29, 0.717) is 0 Å². The summed E-state index contributed by atoms with van der Waals surface area (Å²) in [6.45, 7) is 8.09. The van der Waals surface area contributed by atoms with Gasteiger partial charge in [0.2, 0.25) is 5.16 Å². The molecule has 1 N–H and O–H groups in total. The van der Waals surface area contributed by atoms with E-state index in [1.807, 2.05) is 22.9 Å². The van der Waals surface area contributed by atoms with Crippen LogP contribution in [0.4, 0.5) is 0 Å². The lowest BCUT2D eigenvalue weighted by Crippen LogP contribution is -2.38. The van der Waals surface area contributed by atoms with Crippen LogP contribution in [-0.2, 0) is 12.3 Å². The molecule has 0 saturated carbocycles. The second kappa shape index (κ2) is 6.85. The van der Waals surface area contributed by atoms with Gasteiger partial charge in [-0.15, -0.1) is 5.10 Å². The van der Waals surface area contributed by atoms with E-state index < -0.39 is 0 Å². The average molecular weight is 291 g/mol. The van der Waals surface area contributed by atoms with E-state index in [0.717, 1.165) is 24.0 Å². The van der Waals surface area contributed by atoms with Crippen LogP contribution in [0.25, 0.3) is 0 Å². The number of thioether (sulfide) groups is 1.